The van der Waals surface area contributed by atoms with E-state index in [2.05, 4.69) is 22.4 Å². The van der Waals surface area contributed by atoms with Crippen LogP contribution >= 0.6 is 0 Å². The smallest absolute Gasteiger partial charge is 0.268 e. The third kappa shape index (κ3) is 3.13. The third-order valence-corrected chi connectivity index (χ3v) is 6.45. The lowest BCUT2D eigenvalue weighted by Crippen LogP contribution is -2.30. The predicted octanol–water partition coefficient (Wildman–Crippen LogP) is 2.26. The Morgan fingerprint density at radius 1 is 1.30 bits per heavy atom. The van der Waals surface area contributed by atoms with Crippen LogP contribution in [0.15, 0.2) is 12.1 Å². The van der Waals surface area contributed by atoms with Gasteiger partial charge in [0.05, 0.1) is 11.5 Å². The van der Waals surface area contributed by atoms with E-state index in [-0.39, 0.29) is 23.3 Å². The first-order valence-electron chi connectivity index (χ1n) is 7.85. The highest BCUT2D eigenvalue weighted by Gasteiger charge is 2.28. The second-order valence-corrected chi connectivity index (χ2v) is 8.84. The molecule has 23 heavy (non-hydrogen) atoms. The van der Waals surface area contributed by atoms with E-state index in [0.717, 1.165) is 22.0 Å². The number of nitrogens with one attached hydrogen (secondary N) is 2. The molecule has 1 saturated heterocycles. The molecule has 0 spiro atoms. The van der Waals surface area contributed by atoms with Gasteiger partial charge in [-0.1, -0.05) is 11.6 Å². The number of aryl methyl sites for hydroxylation is 3. The summed E-state index contributed by atoms with van der Waals surface area (Å²) in [6.07, 6.45) is 0.632. The van der Waals surface area contributed by atoms with Crippen molar-refractivity contribution >= 4 is 26.6 Å². The lowest BCUT2D eigenvalue weighted by atomic mass is 10.1. The van der Waals surface area contributed by atoms with Crippen molar-refractivity contribution in [3.63, 3.8) is 0 Å². The second-order valence-electron chi connectivity index (χ2n) is 6.61. The third-order valence-electron chi connectivity index (χ3n) is 4.61. The van der Waals surface area contributed by atoms with Crippen LogP contribution in [0.4, 0.5) is 0 Å². The molecule has 1 fully saturated rings. The predicted molar refractivity (Wildman–Crippen MR) is 91.6 cm³/mol. The number of sulfone groups is 1. The molecule has 6 heteroatoms. The maximum absolute atomic E-state index is 12.5. The first kappa shape index (κ1) is 16.1. The average molecular weight is 334 g/mol. The molecule has 3 rings (SSSR count). The minimum atomic E-state index is -2.91. The largest absolute Gasteiger partial charge is 0.350 e. The summed E-state index contributed by atoms with van der Waals surface area (Å²) in [5.41, 5.74) is 4.77. The maximum atomic E-state index is 12.5. The summed E-state index contributed by atoms with van der Waals surface area (Å²) in [5, 5.41) is 3.95. The van der Waals surface area contributed by atoms with Gasteiger partial charge in [-0.05, 0) is 50.3 Å². The molecule has 2 aromatic rings. The van der Waals surface area contributed by atoms with Gasteiger partial charge in [0.2, 0.25) is 0 Å². The van der Waals surface area contributed by atoms with E-state index in [1.165, 1.54) is 5.56 Å². The first-order valence-corrected chi connectivity index (χ1v) is 9.67. The SMILES string of the molecule is Cc1cc(C)c2[nH]c(C(=O)NC[C@@H]3CCS(=O)(=O)C3)c(C)c2c1. The molecule has 124 valence electrons. The number of carbonyl (C=O) groups excluding carboxylic acids is 1. The molecule has 1 atom stereocenters. The number of carbonyl (C=O) groups is 1. The summed E-state index contributed by atoms with van der Waals surface area (Å²) < 4.78 is 23.0. The van der Waals surface area contributed by atoms with Gasteiger partial charge in [-0.3, -0.25) is 4.79 Å². The normalized spacial score (nSPS) is 20.0. The van der Waals surface area contributed by atoms with Gasteiger partial charge in [-0.15, -0.1) is 0 Å². The molecule has 1 amide bonds. The van der Waals surface area contributed by atoms with Crippen LogP contribution in [0.1, 0.15) is 33.6 Å². The monoisotopic (exact) mass is 334 g/mol. The highest BCUT2D eigenvalue weighted by atomic mass is 32.2. The molecule has 2 N–H and O–H groups in total. The van der Waals surface area contributed by atoms with E-state index in [1.54, 1.807) is 0 Å². The molecule has 0 radical (unpaired) electrons. The van der Waals surface area contributed by atoms with Gasteiger partial charge in [-0.2, -0.15) is 0 Å². The maximum Gasteiger partial charge on any atom is 0.268 e. The highest BCUT2D eigenvalue weighted by Crippen LogP contribution is 2.26. The Balaban J connectivity index is 1.79. The van der Waals surface area contributed by atoms with Gasteiger partial charge >= 0.3 is 0 Å². The van der Waals surface area contributed by atoms with Crippen LogP contribution in [0, 0.1) is 26.7 Å². The van der Waals surface area contributed by atoms with Crippen LogP contribution in [-0.4, -0.2) is 37.4 Å². The van der Waals surface area contributed by atoms with Crippen LogP contribution in [0.25, 0.3) is 10.9 Å². The van der Waals surface area contributed by atoms with E-state index in [1.807, 2.05) is 20.8 Å². The van der Waals surface area contributed by atoms with Crippen molar-refractivity contribution in [1.82, 2.24) is 10.3 Å². The minimum Gasteiger partial charge on any atom is -0.350 e. The number of fused-ring (bicyclic) bond motifs is 1. The van der Waals surface area contributed by atoms with Crippen molar-refractivity contribution in [2.45, 2.75) is 27.2 Å². The van der Waals surface area contributed by atoms with Gasteiger partial charge < -0.3 is 10.3 Å². The van der Waals surface area contributed by atoms with E-state index in [0.29, 0.717) is 18.7 Å². The molecule has 0 saturated carbocycles. The van der Waals surface area contributed by atoms with Crippen LogP contribution in [0.2, 0.25) is 0 Å². The zero-order chi connectivity index (χ0) is 16.8. The second kappa shape index (κ2) is 5.67. The molecule has 1 aliphatic rings. The van der Waals surface area contributed by atoms with E-state index in [4.69, 9.17) is 0 Å². The summed E-state index contributed by atoms with van der Waals surface area (Å²) in [4.78, 5) is 15.7. The Kier molecular flexibility index (Phi) is 3.96. The van der Waals surface area contributed by atoms with Gasteiger partial charge in [0.25, 0.3) is 5.91 Å². The number of H-pyrrole nitrogens is 1. The Morgan fingerprint density at radius 2 is 2.04 bits per heavy atom. The zero-order valence-electron chi connectivity index (χ0n) is 13.7. The van der Waals surface area contributed by atoms with Gasteiger partial charge in [0, 0.05) is 17.4 Å². The fourth-order valence-electron chi connectivity index (χ4n) is 3.37. The van der Waals surface area contributed by atoms with Gasteiger partial charge in [0.15, 0.2) is 9.84 Å². The van der Waals surface area contributed by atoms with Crippen molar-refractivity contribution in [1.29, 1.82) is 0 Å². The van der Waals surface area contributed by atoms with Crippen molar-refractivity contribution in [2.24, 2.45) is 5.92 Å². The molecular formula is C17H22N2O3S. The topological polar surface area (TPSA) is 79.0 Å². The summed E-state index contributed by atoms with van der Waals surface area (Å²) in [5.74, 6) is 0.270. The van der Waals surface area contributed by atoms with E-state index in [9.17, 15) is 13.2 Å². The lowest BCUT2D eigenvalue weighted by Gasteiger charge is -2.09. The first-order chi connectivity index (χ1) is 10.8. The number of rotatable bonds is 3. The average Bonchev–Trinajstić information content (AvgIpc) is 2.97. The van der Waals surface area contributed by atoms with E-state index < -0.39 is 9.84 Å². The molecule has 0 unspecified atom stereocenters. The standard InChI is InChI=1S/C17H22N2O3S/c1-10-6-11(2)15-14(7-10)12(3)16(19-15)17(20)18-8-13-4-5-23(21,22)9-13/h6-7,13,19H,4-5,8-9H2,1-3H3,(H,18,20)/t13-/m0/s1. The minimum absolute atomic E-state index is 0.0256. The number of hydrogen-bond donors (Lipinski definition) is 2. The molecule has 0 aliphatic carbocycles. The molecule has 1 aromatic carbocycles. The Hall–Kier alpha value is -1.82. The quantitative estimate of drug-likeness (QED) is 0.903. The van der Waals surface area contributed by atoms with Gasteiger partial charge in [0.1, 0.15) is 5.69 Å². The van der Waals surface area contributed by atoms with Crippen LogP contribution in [0.5, 0.6) is 0 Å². The summed E-state index contributed by atoms with van der Waals surface area (Å²) in [7, 11) is -2.91. The van der Waals surface area contributed by atoms with Gasteiger partial charge in [-0.25, -0.2) is 8.42 Å². The number of aromatic amines is 1. The van der Waals surface area contributed by atoms with Crippen LogP contribution < -0.4 is 5.32 Å². The molecular weight excluding hydrogens is 312 g/mol. The summed E-state index contributed by atoms with van der Waals surface area (Å²) >= 11 is 0. The lowest BCUT2D eigenvalue weighted by molar-refractivity contribution is 0.0943. The van der Waals surface area contributed by atoms with Crippen molar-refractivity contribution in [3.8, 4) is 0 Å². The molecule has 1 aliphatic heterocycles. The highest BCUT2D eigenvalue weighted by molar-refractivity contribution is 7.91. The van der Waals surface area contributed by atoms with Crippen molar-refractivity contribution in [3.05, 3.63) is 34.5 Å². The number of amides is 1. The fraction of sp³-hybridized carbons (Fsp3) is 0.471. The van der Waals surface area contributed by atoms with Crippen LogP contribution in [-0.2, 0) is 9.84 Å². The molecule has 5 nitrogen and oxygen atoms in total. The fourth-order valence-corrected chi connectivity index (χ4v) is 5.23. The summed E-state index contributed by atoms with van der Waals surface area (Å²) in [6, 6.07) is 4.16. The summed E-state index contributed by atoms with van der Waals surface area (Å²) in [6.45, 7) is 6.41. The van der Waals surface area contributed by atoms with Crippen LogP contribution in [0.3, 0.4) is 0 Å². The number of benzene rings is 1. The molecule has 0 bridgehead atoms. The molecule has 1 aromatic heterocycles. The van der Waals surface area contributed by atoms with E-state index >= 15 is 0 Å². The Labute approximate surface area is 136 Å². The Bertz CT molecular complexity index is 881. The number of aromatic nitrogens is 1. The Morgan fingerprint density at radius 3 is 2.70 bits per heavy atom. The number of hydrogen-bond acceptors (Lipinski definition) is 3. The molecule has 2 heterocycles. The van der Waals surface area contributed by atoms with Crippen molar-refractivity contribution < 1.29 is 13.2 Å². The van der Waals surface area contributed by atoms with Crippen molar-refractivity contribution in [2.75, 3.05) is 18.1 Å². The zero-order valence-corrected chi connectivity index (χ0v) is 14.5.